The highest BCUT2D eigenvalue weighted by molar-refractivity contribution is 5.86. The van der Waals surface area contributed by atoms with Crippen LogP contribution in [0.3, 0.4) is 0 Å². The number of carboxylic acids is 1. The first-order valence-corrected chi connectivity index (χ1v) is 6.70. The molecule has 1 saturated carbocycles. The topological polar surface area (TPSA) is 79.1 Å². The van der Waals surface area contributed by atoms with Gasteiger partial charge in [-0.05, 0) is 24.5 Å². The number of rotatable bonds is 3. The normalized spacial score (nSPS) is 19.6. The number of hydrogen-bond acceptors (Lipinski definition) is 2. The van der Waals surface area contributed by atoms with Crippen LogP contribution in [0.1, 0.15) is 31.2 Å². The fourth-order valence-corrected chi connectivity index (χ4v) is 3.47. The van der Waals surface area contributed by atoms with Crippen molar-refractivity contribution in [2.45, 2.75) is 37.1 Å². The van der Waals surface area contributed by atoms with Gasteiger partial charge < -0.3 is 15.8 Å². The smallest absolute Gasteiger partial charge is 0.321 e. The molecule has 2 aromatic rings. The van der Waals surface area contributed by atoms with Crippen molar-refractivity contribution in [1.29, 1.82) is 0 Å². The van der Waals surface area contributed by atoms with E-state index in [-0.39, 0.29) is 0 Å². The second-order valence-corrected chi connectivity index (χ2v) is 5.43. The fourth-order valence-electron chi connectivity index (χ4n) is 3.47. The van der Waals surface area contributed by atoms with Crippen LogP contribution in [0.5, 0.6) is 0 Å². The van der Waals surface area contributed by atoms with Crippen LogP contribution >= 0.6 is 0 Å². The zero-order chi connectivity index (χ0) is 13.5. The lowest BCUT2D eigenvalue weighted by atomic mass is 9.73. The van der Waals surface area contributed by atoms with Gasteiger partial charge in [0.15, 0.2) is 0 Å². The maximum Gasteiger partial charge on any atom is 0.321 e. The van der Waals surface area contributed by atoms with Crippen molar-refractivity contribution in [2.75, 3.05) is 0 Å². The number of aromatic nitrogens is 1. The van der Waals surface area contributed by atoms with Gasteiger partial charge in [0.25, 0.3) is 0 Å². The highest BCUT2D eigenvalue weighted by Gasteiger charge is 2.45. The van der Waals surface area contributed by atoms with Crippen molar-refractivity contribution < 1.29 is 9.90 Å². The summed E-state index contributed by atoms with van der Waals surface area (Å²) < 4.78 is 0. The molecule has 0 amide bonds. The van der Waals surface area contributed by atoms with E-state index in [1.165, 1.54) is 0 Å². The van der Waals surface area contributed by atoms with E-state index in [4.69, 9.17) is 5.73 Å². The van der Waals surface area contributed by atoms with E-state index >= 15 is 0 Å². The predicted octanol–water partition coefficient (Wildman–Crippen LogP) is 2.39. The van der Waals surface area contributed by atoms with Gasteiger partial charge in [0.05, 0.1) is 0 Å². The third kappa shape index (κ3) is 1.75. The molecule has 1 fully saturated rings. The van der Waals surface area contributed by atoms with Crippen LogP contribution in [0, 0.1) is 0 Å². The molecule has 1 aromatic heterocycles. The molecule has 0 radical (unpaired) electrons. The monoisotopic (exact) mass is 258 g/mol. The average Bonchev–Trinajstić information content (AvgIpc) is 3.04. The van der Waals surface area contributed by atoms with E-state index in [0.717, 1.165) is 42.1 Å². The van der Waals surface area contributed by atoms with Gasteiger partial charge >= 0.3 is 5.97 Å². The zero-order valence-electron chi connectivity index (χ0n) is 10.7. The molecule has 4 N–H and O–H groups in total. The van der Waals surface area contributed by atoms with Gasteiger partial charge in [0.1, 0.15) is 6.04 Å². The number of carbonyl (C=O) groups is 1. The summed E-state index contributed by atoms with van der Waals surface area (Å²) in [5.41, 5.74) is 7.71. The Morgan fingerprint density at radius 2 is 2.00 bits per heavy atom. The van der Waals surface area contributed by atoms with E-state index in [1.807, 2.05) is 30.5 Å². The Bertz CT molecular complexity index is 611. The van der Waals surface area contributed by atoms with Crippen LogP contribution in [0.2, 0.25) is 0 Å². The largest absolute Gasteiger partial charge is 0.480 e. The molecule has 1 unspecified atom stereocenters. The number of H-pyrrole nitrogens is 1. The standard InChI is InChI=1S/C15H18N2O2/c16-13(14(18)19)15(7-3-4-8-15)11-9-17-12-6-2-1-5-10(11)12/h1-2,5-6,9,13,17H,3-4,7-8,16H2,(H,18,19). The van der Waals surface area contributed by atoms with Crippen molar-refractivity contribution in [3.05, 3.63) is 36.0 Å². The van der Waals surface area contributed by atoms with E-state index in [2.05, 4.69) is 4.98 Å². The third-order valence-corrected chi connectivity index (χ3v) is 4.48. The van der Waals surface area contributed by atoms with E-state index in [9.17, 15) is 9.90 Å². The first kappa shape index (κ1) is 12.2. The number of hydrogen-bond donors (Lipinski definition) is 3. The summed E-state index contributed by atoms with van der Waals surface area (Å²) >= 11 is 0. The molecule has 19 heavy (non-hydrogen) atoms. The Balaban J connectivity index is 2.17. The number of benzene rings is 1. The van der Waals surface area contributed by atoms with Crippen molar-refractivity contribution in [1.82, 2.24) is 4.98 Å². The molecular formula is C15H18N2O2. The first-order chi connectivity index (χ1) is 9.15. The summed E-state index contributed by atoms with van der Waals surface area (Å²) in [5, 5.41) is 10.4. The van der Waals surface area contributed by atoms with Crippen molar-refractivity contribution in [2.24, 2.45) is 5.73 Å². The molecule has 3 rings (SSSR count). The number of para-hydroxylation sites is 1. The molecule has 100 valence electrons. The lowest BCUT2D eigenvalue weighted by Gasteiger charge is -2.32. The van der Waals surface area contributed by atoms with Gasteiger partial charge in [0.2, 0.25) is 0 Å². The molecule has 1 aromatic carbocycles. The quantitative estimate of drug-likeness (QED) is 0.791. The second-order valence-electron chi connectivity index (χ2n) is 5.43. The highest BCUT2D eigenvalue weighted by Crippen LogP contribution is 2.45. The Kier molecular flexibility index (Phi) is 2.82. The minimum absolute atomic E-state index is 0.425. The minimum atomic E-state index is -0.910. The Labute approximate surface area is 111 Å². The molecule has 4 heteroatoms. The Morgan fingerprint density at radius 1 is 1.32 bits per heavy atom. The number of nitrogens with one attached hydrogen (secondary N) is 1. The summed E-state index contributed by atoms with van der Waals surface area (Å²) in [7, 11) is 0. The molecular weight excluding hydrogens is 240 g/mol. The van der Waals surface area contributed by atoms with Crippen molar-refractivity contribution >= 4 is 16.9 Å². The van der Waals surface area contributed by atoms with Crippen molar-refractivity contribution in [3.8, 4) is 0 Å². The third-order valence-electron chi connectivity index (χ3n) is 4.48. The number of aliphatic carboxylic acids is 1. The van der Waals surface area contributed by atoms with Crippen LogP contribution in [0.4, 0.5) is 0 Å². The van der Waals surface area contributed by atoms with Crippen molar-refractivity contribution in [3.63, 3.8) is 0 Å². The average molecular weight is 258 g/mol. The lowest BCUT2D eigenvalue weighted by Crippen LogP contribution is -2.48. The molecule has 0 spiro atoms. The van der Waals surface area contributed by atoms with Gasteiger partial charge in [-0.25, -0.2) is 0 Å². The highest BCUT2D eigenvalue weighted by atomic mass is 16.4. The predicted molar refractivity (Wildman–Crippen MR) is 74.1 cm³/mol. The van der Waals surface area contributed by atoms with E-state index < -0.39 is 17.4 Å². The summed E-state index contributed by atoms with van der Waals surface area (Å²) in [5.74, 6) is -0.910. The Hall–Kier alpha value is -1.81. The number of aromatic amines is 1. The zero-order valence-corrected chi connectivity index (χ0v) is 10.7. The lowest BCUT2D eigenvalue weighted by molar-refractivity contribution is -0.140. The van der Waals surface area contributed by atoms with Crippen LogP contribution in [-0.4, -0.2) is 22.1 Å². The first-order valence-electron chi connectivity index (χ1n) is 6.70. The SMILES string of the molecule is NC(C(=O)O)C1(c2c[nH]c3ccccc23)CCCC1. The number of nitrogens with two attached hydrogens (primary N) is 1. The van der Waals surface area contributed by atoms with Gasteiger partial charge in [-0.15, -0.1) is 0 Å². The summed E-state index contributed by atoms with van der Waals surface area (Å²) in [6, 6.07) is 7.16. The number of carboxylic acid groups (broad SMARTS) is 1. The number of fused-ring (bicyclic) bond motifs is 1. The maximum atomic E-state index is 11.4. The van der Waals surface area contributed by atoms with Gasteiger partial charge in [-0.2, -0.15) is 0 Å². The minimum Gasteiger partial charge on any atom is -0.480 e. The maximum absolute atomic E-state index is 11.4. The van der Waals surface area contributed by atoms with E-state index in [1.54, 1.807) is 0 Å². The Morgan fingerprint density at radius 3 is 2.68 bits per heavy atom. The molecule has 1 aliphatic carbocycles. The van der Waals surface area contributed by atoms with Crippen LogP contribution < -0.4 is 5.73 Å². The van der Waals surface area contributed by atoms with Gasteiger partial charge in [0, 0.05) is 22.5 Å². The van der Waals surface area contributed by atoms with Crippen LogP contribution in [-0.2, 0) is 10.2 Å². The fraction of sp³-hybridized carbons (Fsp3) is 0.400. The van der Waals surface area contributed by atoms with Gasteiger partial charge in [-0.3, -0.25) is 4.79 Å². The second kappa shape index (κ2) is 4.38. The molecule has 1 atom stereocenters. The summed E-state index contributed by atoms with van der Waals surface area (Å²) in [4.78, 5) is 14.6. The molecule has 0 saturated heterocycles. The molecule has 0 aliphatic heterocycles. The van der Waals surface area contributed by atoms with Crippen LogP contribution in [0.15, 0.2) is 30.5 Å². The van der Waals surface area contributed by atoms with Gasteiger partial charge in [-0.1, -0.05) is 31.0 Å². The molecule has 1 aliphatic rings. The summed E-state index contributed by atoms with van der Waals surface area (Å²) in [6.07, 6.45) is 5.73. The molecule has 4 nitrogen and oxygen atoms in total. The molecule has 1 heterocycles. The van der Waals surface area contributed by atoms with E-state index in [0.29, 0.717) is 0 Å². The summed E-state index contributed by atoms with van der Waals surface area (Å²) in [6.45, 7) is 0. The molecule has 0 bridgehead atoms. The van der Waals surface area contributed by atoms with Crippen LogP contribution in [0.25, 0.3) is 10.9 Å².